The van der Waals surface area contributed by atoms with Crippen LogP contribution in [0.3, 0.4) is 0 Å². The topological polar surface area (TPSA) is 110 Å². The maximum absolute atomic E-state index is 12.0. The van der Waals surface area contributed by atoms with Crippen LogP contribution in [0.2, 0.25) is 0 Å². The first kappa shape index (κ1) is 25.4. The predicted molar refractivity (Wildman–Crippen MR) is 112 cm³/mol. The van der Waals surface area contributed by atoms with Crippen LogP contribution in [0.25, 0.3) is 0 Å². The summed E-state index contributed by atoms with van der Waals surface area (Å²) >= 11 is 0. The summed E-state index contributed by atoms with van der Waals surface area (Å²) in [7, 11) is 1.51. The molecule has 3 aliphatic rings. The highest BCUT2D eigenvalue weighted by Crippen LogP contribution is 2.47. The van der Waals surface area contributed by atoms with E-state index in [4.69, 9.17) is 28.4 Å². The molecule has 3 rings (SSSR count). The number of aliphatic hydroxyl groups excluding tert-OH is 1. The van der Waals surface area contributed by atoms with Crippen molar-refractivity contribution in [3.63, 3.8) is 0 Å². The third-order valence-electron chi connectivity index (χ3n) is 6.25. The van der Waals surface area contributed by atoms with Gasteiger partial charge in [-0.25, -0.2) is 0 Å². The summed E-state index contributed by atoms with van der Waals surface area (Å²) in [5.41, 5.74) is -0.575. The number of fused-ring (bicyclic) bond motifs is 2. The van der Waals surface area contributed by atoms with Crippen molar-refractivity contribution in [2.24, 2.45) is 5.41 Å². The summed E-state index contributed by atoms with van der Waals surface area (Å²) < 4.78 is 35.4. The largest absolute Gasteiger partial charge is 0.465 e. The summed E-state index contributed by atoms with van der Waals surface area (Å²) in [4.78, 5) is 24.0. The van der Waals surface area contributed by atoms with Crippen LogP contribution < -0.4 is 0 Å². The molecule has 1 N–H and O–H groups in total. The molecule has 4 unspecified atom stereocenters. The van der Waals surface area contributed by atoms with Gasteiger partial charge < -0.3 is 33.5 Å². The van der Waals surface area contributed by atoms with Gasteiger partial charge in [-0.2, -0.15) is 0 Å². The number of hydrogen-bond acceptors (Lipinski definition) is 9. The number of carbonyl (C=O) groups excluding carboxylic acids is 2. The van der Waals surface area contributed by atoms with Crippen LogP contribution in [-0.2, 0) is 38.0 Å². The molecule has 0 amide bonds. The standard InChI is InChI=1S/C23H36O9/c1-7-8-15-16(25)17-18(31-15)19(29-13(2)24)20-23(27-6,32-17)11-9-14(30-20)10-12-28-21(26)22(3,4)5/h7,14-20,25H,1,8-12H2,2-6H3/t14?,15-,16+,17?,18-,19+,20?,23?/m1/s1. The number of carbonyl (C=O) groups is 2. The molecule has 0 saturated carbocycles. The Hall–Kier alpha value is -1.26. The molecule has 2 radical (unpaired) electrons. The van der Waals surface area contributed by atoms with E-state index in [0.29, 0.717) is 25.7 Å². The average Bonchev–Trinajstić information content (AvgIpc) is 3.02. The lowest BCUT2D eigenvalue weighted by Gasteiger charge is -2.53. The van der Waals surface area contributed by atoms with E-state index in [-0.39, 0.29) is 18.7 Å². The average molecular weight is 457 g/mol. The summed E-state index contributed by atoms with van der Waals surface area (Å²) in [5.74, 6) is -1.95. The highest BCUT2D eigenvalue weighted by molar-refractivity contribution is 5.75. The normalized spacial score (nSPS) is 39.2. The first-order valence-corrected chi connectivity index (χ1v) is 11.2. The van der Waals surface area contributed by atoms with Crippen molar-refractivity contribution >= 4 is 11.9 Å². The second-order valence-electron chi connectivity index (χ2n) is 9.72. The van der Waals surface area contributed by atoms with E-state index in [0.717, 1.165) is 0 Å². The molecule has 0 spiro atoms. The zero-order valence-corrected chi connectivity index (χ0v) is 19.6. The lowest BCUT2D eigenvalue weighted by molar-refractivity contribution is -0.382. The molecule has 3 heterocycles. The summed E-state index contributed by atoms with van der Waals surface area (Å²) in [6.45, 7) is 10.6. The van der Waals surface area contributed by atoms with Crippen LogP contribution in [-0.4, -0.2) is 79.3 Å². The SMILES string of the molecule is [CH2][CH]C[C@H]1O[C@@H]2C(OC3(OC)CCC(CCOC(=O)C(C)(C)C)OC3[C@H]2OC(C)=O)[C@H]1O. The Kier molecular flexibility index (Phi) is 7.87. The zero-order valence-electron chi connectivity index (χ0n) is 19.6. The second kappa shape index (κ2) is 9.93. The monoisotopic (exact) mass is 456 g/mol. The van der Waals surface area contributed by atoms with Gasteiger partial charge in [0.15, 0.2) is 18.0 Å². The van der Waals surface area contributed by atoms with Gasteiger partial charge >= 0.3 is 11.9 Å². The molecule has 8 atom stereocenters. The fourth-order valence-electron chi connectivity index (χ4n) is 4.56. The van der Waals surface area contributed by atoms with Crippen molar-refractivity contribution in [2.75, 3.05) is 13.7 Å². The number of esters is 2. The van der Waals surface area contributed by atoms with Gasteiger partial charge in [-0.05, 0) is 47.0 Å². The lowest BCUT2D eigenvalue weighted by atomic mass is 9.85. The number of aliphatic hydroxyl groups is 1. The minimum atomic E-state index is -1.19. The van der Waals surface area contributed by atoms with Crippen LogP contribution in [0.4, 0.5) is 0 Å². The minimum Gasteiger partial charge on any atom is -0.465 e. The molecule has 32 heavy (non-hydrogen) atoms. The molecule has 0 bridgehead atoms. The van der Waals surface area contributed by atoms with Crippen LogP contribution in [0.15, 0.2) is 0 Å². The first-order chi connectivity index (χ1) is 15.0. The van der Waals surface area contributed by atoms with Gasteiger partial charge in [0.2, 0.25) is 0 Å². The minimum absolute atomic E-state index is 0.217. The Bertz CT molecular complexity index is 675. The van der Waals surface area contributed by atoms with Crippen LogP contribution in [0.1, 0.15) is 53.4 Å². The highest BCUT2D eigenvalue weighted by atomic mass is 16.7. The molecule has 9 heteroatoms. The molecule has 3 aliphatic heterocycles. The molecule has 0 aromatic rings. The van der Waals surface area contributed by atoms with E-state index < -0.39 is 53.8 Å². The van der Waals surface area contributed by atoms with Gasteiger partial charge in [0.05, 0.1) is 24.2 Å². The Labute approximate surface area is 190 Å². The number of hydrogen-bond donors (Lipinski definition) is 1. The van der Waals surface area contributed by atoms with Gasteiger partial charge in [0.25, 0.3) is 0 Å². The van der Waals surface area contributed by atoms with Gasteiger partial charge in [0, 0.05) is 26.9 Å². The highest BCUT2D eigenvalue weighted by Gasteiger charge is 2.64. The third kappa shape index (κ3) is 5.12. The fourth-order valence-corrected chi connectivity index (χ4v) is 4.56. The van der Waals surface area contributed by atoms with Crippen LogP contribution in [0.5, 0.6) is 0 Å². The van der Waals surface area contributed by atoms with Crippen LogP contribution >= 0.6 is 0 Å². The van der Waals surface area contributed by atoms with E-state index in [2.05, 4.69) is 6.92 Å². The molecular weight excluding hydrogens is 420 g/mol. The van der Waals surface area contributed by atoms with E-state index >= 15 is 0 Å². The second-order valence-corrected chi connectivity index (χ2v) is 9.72. The smallest absolute Gasteiger partial charge is 0.311 e. The molecule has 182 valence electrons. The maximum atomic E-state index is 12.0. The van der Waals surface area contributed by atoms with E-state index in [1.807, 2.05) is 0 Å². The van der Waals surface area contributed by atoms with E-state index in [1.54, 1.807) is 27.2 Å². The Morgan fingerprint density at radius 2 is 1.97 bits per heavy atom. The van der Waals surface area contributed by atoms with Gasteiger partial charge in [-0.1, -0.05) is 0 Å². The van der Waals surface area contributed by atoms with Crippen molar-refractivity contribution in [2.45, 2.75) is 102 Å². The fraction of sp³-hybridized carbons (Fsp3) is 0.826. The third-order valence-corrected chi connectivity index (χ3v) is 6.25. The first-order valence-electron chi connectivity index (χ1n) is 11.2. The molecule has 9 nitrogen and oxygen atoms in total. The molecule has 0 aromatic carbocycles. The lowest BCUT2D eigenvalue weighted by Crippen LogP contribution is -2.69. The summed E-state index contributed by atoms with van der Waals surface area (Å²) in [6.07, 6.45) is -1.07. The van der Waals surface area contributed by atoms with E-state index in [9.17, 15) is 14.7 Å². The van der Waals surface area contributed by atoms with Crippen molar-refractivity contribution in [3.8, 4) is 0 Å². The van der Waals surface area contributed by atoms with Crippen molar-refractivity contribution in [1.29, 1.82) is 0 Å². The molecule has 3 saturated heterocycles. The Morgan fingerprint density at radius 1 is 1.25 bits per heavy atom. The van der Waals surface area contributed by atoms with Gasteiger partial charge in [-0.3, -0.25) is 9.59 Å². The predicted octanol–water partition coefficient (Wildman–Crippen LogP) is 1.74. The molecule has 0 aliphatic carbocycles. The number of ether oxygens (including phenoxy) is 6. The van der Waals surface area contributed by atoms with E-state index in [1.165, 1.54) is 14.0 Å². The quantitative estimate of drug-likeness (QED) is 0.573. The van der Waals surface area contributed by atoms with Crippen molar-refractivity contribution in [3.05, 3.63) is 13.3 Å². The maximum Gasteiger partial charge on any atom is 0.311 e. The van der Waals surface area contributed by atoms with Gasteiger partial charge in [-0.15, -0.1) is 0 Å². The number of rotatable bonds is 7. The molecule has 0 aromatic heterocycles. The van der Waals surface area contributed by atoms with Crippen molar-refractivity contribution in [1.82, 2.24) is 0 Å². The Balaban J connectivity index is 1.75. The van der Waals surface area contributed by atoms with Crippen LogP contribution in [0, 0.1) is 18.8 Å². The molecular formula is C23H36O9. The number of methoxy groups -OCH3 is 1. The van der Waals surface area contributed by atoms with Crippen molar-refractivity contribution < 1.29 is 43.1 Å². The molecule has 3 fully saturated rings. The van der Waals surface area contributed by atoms with Gasteiger partial charge in [0.1, 0.15) is 18.3 Å². The summed E-state index contributed by atoms with van der Waals surface area (Å²) in [5, 5.41) is 10.8. The Morgan fingerprint density at radius 3 is 2.56 bits per heavy atom. The summed E-state index contributed by atoms with van der Waals surface area (Å²) in [6, 6.07) is 0. The zero-order chi connectivity index (χ0) is 23.7.